The topological polar surface area (TPSA) is 49.3 Å². The third-order valence-corrected chi connectivity index (χ3v) is 4.68. The van der Waals surface area contributed by atoms with Crippen molar-refractivity contribution in [3.8, 4) is 0 Å². The number of likely N-dealkylation sites (tertiary alicyclic amines) is 1. The average Bonchev–Trinajstić information content (AvgIpc) is 3.07. The Hall–Kier alpha value is -1.78. The van der Waals surface area contributed by atoms with Crippen LogP contribution in [-0.2, 0) is 13.0 Å². The van der Waals surface area contributed by atoms with Gasteiger partial charge in [-0.3, -0.25) is 14.9 Å². The van der Waals surface area contributed by atoms with Gasteiger partial charge in [-0.1, -0.05) is 19.9 Å². The van der Waals surface area contributed by atoms with Crippen molar-refractivity contribution < 1.29 is 5.11 Å². The molecule has 4 heteroatoms. The lowest BCUT2D eigenvalue weighted by Crippen LogP contribution is -2.31. The average molecular weight is 327 g/mol. The van der Waals surface area contributed by atoms with Crippen molar-refractivity contribution in [2.75, 3.05) is 19.7 Å². The molecular formula is C20H29N3O. The van der Waals surface area contributed by atoms with Gasteiger partial charge in [0, 0.05) is 49.9 Å². The van der Waals surface area contributed by atoms with Crippen molar-refractivity contribution >= 4 is 0 Å². The molecule has 1 N–H and O–H groups in total. The summed E-state index contributed by atoms with van der Waals surface area (Å²) < 4.78 is 0. The largest absolute Gasteiger partial charge is 0.396 e. The molecule has 0 spiro atoms. The fourth-order valence-corrected chi connectivity index (χ4v) is 3.28. The molecule has 1 saturated heterocycles. The fraction of sp³-hybridized carbons (Fsp3) is 0.500. The zero-order valence-electron chi connectivity index (χ0n) is 14.9. The van der Waals surface area contributed by atoms with Crippen molar-refractivity contribution in [1.82, 2.24) is 14.9 Å². The lowest BCUT2D eigenvalue weighted by Gasteiger charge is -2.27. The van der Waals surface area contributed by atoms with Crippen LogP contribution in [0.2, 0.25) is 0 Å². The Balaban J connectivity index is 0.00000100. The monoisotopic (exact) mass is 327 g/mol. The first-order chi connectivity index (χ1) is 11.8. The molecule has 0 radical (unpaired) electrons. The minimum atomic E-state index is 0.0332. The Bertz CT molecular complexity index is 576. The first-order valence-electron chi connectivity index (χ1n) is 8.91. The van der Waals surface area contributed by atoms with E-state index >= 15 is 0 Å². The highest BCUT2D eigenvalue weighted by Crippen LogP contribution is 2.35. The van der Waals surface area contributed by atoms with E-state index in [1.54, 1.807) is 6.20 Å². The van der Waals surface area contributed by atoms with Gasteiger partial charge in [-0.2, -0.15) is 0 Å². The van der Waals surface area contributed by atoms with Crippen molar-refractivity contribution in [3.05, 3.63) is 60.2 Å². The Labute approximate surface area is 145 Å². The van der Waals surface area contributed by atoms with Crippen LogP contribution in [0.25, 0.3) is 0 Å². The molecule has 0 bridgehead atoms. The predicted molar refractivity (Wildman–Crippen MR) is 97.6 cm³/mol. The number of rotatable bonds is 6. The standard InChI is InChI=1S/C18H23N3O.C2H6/c22-15-18(6-3-16-4-9-19-10-5-16)7-11-21(14-18)13-17-2-1-8-20-12-17;1-2/h1-2,4-5,8-10,12,22H,3,6-7,11,13-15H2;1-2H3/t18-;/m0./s1. The summed E-state index contributed by atoms with van der Waals surface area (Å²) in [7, 11) is 0. The molecule has 24 heavy (non-hydrogen) atoms. The van der Waals surface area contributed by atoms with Crippen LogP contribution in [0.1, 0.15) is 37.8 Å². The first kappa shape index (κ1) is 18.6. The lowest BCUT2D eigenvalue weighted by atomic mass is 9.82. The molecule has 0 unspecified atom stereocenters. The minimum Gasteiger partial charge on any atom is -0.396 e. The van der Waals surface area contributed by atoms with E-state index < -0.39 is 0 Å². The zero-order valence-corrected chi connectivity index (χ0v) is 14.9. The molecule has 2 aromatic heterocycles. The highest BCUT2D eigenvalue weighted by molar-refractivity contribution is 5.11. The normalized spacial score (nSPS) is 20.5. The fourth-order valence-electron chi connectivity index (χ4n) is 3.28. The number of hydrogen-bond donors (Lipinski definition) is 1. The van der Waals surface area contributed by atoms with Gasteiger partial charge < -0.3 is 5.11 Å². The van der Waals surface area contributed by atoms with Gasteiger partial charge in [-0.05, 0) is 55.1 Å². The first-order valence-corrected chi connectivity index (χ1v) is 8.91. The highest BCUT2D eigenvalue weighted by atomic mass is 16.3. The van der Waals surface area contributed by atoms with E-state index in [1.807, 2.05) is 38.5 Å². The number of hydrogen-bond acceptors (Lipinski definition) is 4. The SMILES string of the molecule is CC.OC[C@@]1(CCc2ccncc2)CCN(Cc2cccnc2)C1. The molecular weight excluding hydrogens is 298 g/mol. The molecule has 1 aliphatic rings. The van der Waals surface area contributed by atoms with Gasteiger partial charge in [-0.15, -0.1) is 0 Å². The molecule has 1 atom stereocenters. The summed E-state index contributed by atoms with van der Waals surface area (Å²) in [5, 5.41) is 9.93. The van der Waals surface area contributed by atoms with E-state index in [0.717, 1.165) is 38.9 Å². The highest BCUT2D eigenvalue weighted by Gasteiger charge is 2.37. The molecule has 0 amide bonds. The van der Waals surface area contributed by atoms with Crippen LogP contribution < -0.4 is 0 Å². The Morgan fingerprint density at radius 1 is 1.08 bits per heavy atom. The summed E-state index contributed by atoms with van der Waals surface area (Å²) in [5.41, 5.74) is 2.57. The number of aliphatic hydroxyl groups excluding tert-OH is 1. The lowest BCUT2D eigenvalue weighted by molar-refractivity contribution is 0.118. The van der Waals surface area contributed by atoms with Crippen LogP contribution in [0.4, 0.5) is 0 Å². The number of aryl methyl sites for hydroxylation is 1. The van der Waals surface area contributed by atoms with Crippen molar-refractivity contribution in [1.29, 1.82) is 0 Å². The van der Waals surface area contributed by atoms with E-state index in [1.165, 1.54) is 11.1 Å². The van der Waals surface area contributed by atoms with Crippen LogP contribution in [0.15, 0.2) is 49.1 Å². The third kappa shape index (κ3) is 5.11. The Morgan fingerprint density at radius 3 is 2.54 bits per heavy atom. The molecule has 1 fully saturated rings. The quantitative estimate of drug-likeness (QED) is 0.884. The van der Waals surface area contributed by atoms with Crippen molar-refractivity contribution in [2.45, 2.75) is 39.7 Å². The maximum absolute atomic E-state index is 9.93. The third-order valence-electron chi connectivity index (χ3n) is 4.68. The second-order valence-corrected chi connectivity index (χ2v) is 6.34. The smallest absolute Gasteiger partial charge is 0.0500 e. The number of aromatic nitrogens is 2. The molecule has 1 aliphatic heterocycles. The number of aliphatic hydroxyl groups is 1. The van der Waals surface area contributed by atoms with Crippen molar-refractivity contribution in [2.24, 2.45) is 5.41 Å². The predicted octanol–water partition coefficient (Wildman–Crippen LogP) is 3.32. The van der Waals surface area contributed by atoms with Crippen LogP contribution in [0, 0.1) is 5.41 Å². The Kier molecular flexibility index (Phi) is 7.35. The molecule has 2 aromatic rings. The van der Waals surface area contributed by atoms with Gasteiger partial charge >= 0.3 is 0 Å². The van der Waals surface area contributed by atoms with E-state index in [-0.39, 0.29) is 12.0 Å². The maximum Gasteiger partial charge on any atom is 0.0500 e. The van der Waals surface area contributed by atoms with E-state index in [2.05, 4.69) is 33.1 Å². The van der Waals surface area contributed by atoms with E-state index in [0.29, 0.717) is 0 Å². The van der Waals surface area contributed by atoms with Crippen LogP contribution in [0.3, 0.4) is 0 Å². The molecule has 3 heterocycles. The summed E-state index contributed by atoms with van der Waals surface area (Å²) in [5.74, 6) is 0. The van der Waals surface area contributed by atoms with E-state index in [4.69, 9.17) is 0 Å². The minimum absolute atomic E-state index is 0.0332. The molecule has 0 aliphatic carbocycles. The Morgan fingerprint density at radius 2 is 1.88 bits per heavy atom. The van der Waals surface area contributed by atoms with Crippen LogP contribution >= 0.6 is 0 Å². The zero-order chi connectivity index (χ0) is 17.3. The maximum atomic E-state index is 9.93. The molecule has 3 rings (SSSR count). The van der Waals surface area contributed by atoms with Crippen molar-refractivity contribution in [3.63, 3.8) is 0 Å². The van der Waals surface area contributed by atoms with Crippen LogP contribution in [0.5, 0.6) is 0 Å². The number of nitrogens with zero attached hydrogens (tertiary/aromatic N) is 3. The van der Waals surface area contributed by atoms with Gasteiger partial charge in [0.25, 0.3) is 0 Å². The summed E-state index contributed by atoms with van der Waals surface area (Å²) >= 11 is 0. The van der Waals surface area contributed by atoms with Gasteiger partial charge in [0.2, 0.25) is 0 Å². The molecule has 4 nitrogen and oxygen atoms in total. The van der Waals surface area contributed by atoms with Gasteiger partial charge in [0.1, 0.15) is 0 Å². The van der Waals surface area contributed by atoms with Gasteiger partial charge in [0.05, 0.1) is 0 Å². The van der Waals surface area contributed by atoms with E-state index in [9.17, 15) is 5.11 Å². The molecule has 0 saturated carbocycles. The summed E-state index contributed by atoms with van der Waals surface area (Å²) in [6.07, 6.45) is 10.5. The van der Waals surface area contributed by atoms with Crippen LogP contribution in [-0.4, -0.2) is 39.7 Å². The molecule has 130 valence electrons. The second-order valence-electron chi connectivity index (χ2n) is 6.34. The second kappa shape index (κ2) is 9.50. The number of pyridine rings is 2. The van der Waals surface area contributed by atoms with Gasteiger partial charge in [-0.25, -0.2) is 0 Å². The van der Waals surface area contributed by atoms with Gasteiger partial charge in [0.15, 0.2) is 0 Å². The summed E-state index contributed by atoms with van der Waals surface area (Å²) in [6.45, 7) is 7.20. The summed E-state index contributed by atoms with van der Waals surface area (Å²) in [4.78, 5) is 10.7. The summed E-state index contributed by atoms with van der Waals surface area (Å²) in [6, 6.07) is 8.22. The molecule has 0 aromatic carbocycles.